The van der Waals surface area contributed by atoms with E-state index in [0.29, 0.717) is 33.5 Å². The predicted molar refractivity (Wildman–Crippen MR) is 104 cm³/mol. The first-order chi connectivity index (χ1) is 11.9. The Labute approximate surface area is 156 Å². The van der Waals surface area contributed by atoms with Crippen molar-refractivity contribution in [3.8, 4) is 0 Å². The molecule has 0 aromatic heterocycles. The number of benzene rings is 2. The molecule has 0 bridgehead atoms. The zero-order chi connectivity index (χ0) is 18.4. The van der Waals surface area contributed by atoms with Crippen molar-refractivity contribution < 1.29 is 9.59 Å². The van der Waals surface area contributed by atoms with E-state index in [-0.39, 0.29) is 18.4 Å². The fourth-order valence-electron chi connectivity index (χ4n) is 2.13. The zero-order valence-corrected chi connectivity index (χ0v) is 15.5. The van der Waals surface area contributed by atoms with E-state index in [2.05, 4.69) is 16.0 Å². The van der Waals surface area contributed by atoms with Crippen LogP contribution in [0.2, 0.25) is 10.0 Å². The smallest absolute Gasteiger partial charge is 0.243 e. The van der Waals surface area contributed by atoms with E-state index in [4.69, 9.17) is 23.2 Å². The van der Waals surface area contributed by atoms with Gasteiger partial charge in [-0.05, 0) is 42.8 Å². The number of hydrogen-bond donors (Lipinski definition) is 3. The molecule has 2 aromatic rings. The van der Waals surface area contributed by atoms with Crippen molar-refractivity contribution >= 4 is 52.1 Å². The van der Waals surface area contributed by atoms with E-state index < -0.39 is 0 Å². The number of halogens is 2. The summed E-state index contributed by atoms with van der Waals surface area (Å²) in [6.45, 7) is 3.70. The zero-order valence-electron chi connectivity index (χ0n) is 14.0. The molecular formula is C18H19Cl2N3O2. The van der Waals surface area contributed by atoms with E-state index in [1.165, 1.54) is 0 Å². The van der Waals surface area contributed by atoms with Gasteiger partial charge >= 0.3 is 0 Å². The second-order valence-electron chi connectivity index (χ2n) is 5.41. The second kappa shape index (κ2) is 8.74. The molecule has 0 fully saturated rings. The van der Waals surface area contributed by atoms with Gasteiger partial charge in [0.1, 0.15) is 0 Å². The summed E-state index contributed by atoms with van der Waals surface area (Å²) in [7, 11) is 0. The Kier molecular flexibility index (Phi) is 6.67. The lowest BCUT2D eigenvalue weighted by molar-refractivity contribution is -0.116. The van der Waals surface area contributed by atoms with Crippen molar-refractivity contribution in [3.05, 3.63) is 52.0 Å². The third-order valence-electron chi connectivity index (χ3n) is 3.58. The molecule has 7 heteroatoms. The number of nitrogens with one attached hydrogen (secondary N) is 3. The summed E-state index contributed by atoms with van der Waals surface area (Å²) in [6.07, 6.45) is 0.392. The lowest BCUT2D eigenvalue weighted by Gasteiger charge is -2.14. The van der Waals surface area contributed by atoms with Gasteiger partial charge < -0.3 is 16.0 Å². The van der Waals surface area contributed by atoms with E-state index in [1.807, 2.05) is 6.92 Å². The highest BCUT2D eigenvalue weighted by Crippen LogP contribution is 2.25. The van der Waals surface area contributed by atoms with Gasteiger partial charge in [0.2, 0.25) is 11.8 Å². The molecule has 2 rings (SSSR count). The van der Waals surface area contributed by atoms with E-state index in [0.717, 1.165) is 5.56 Å². The predicted octanol–water partition coefficient (Wildman–Crippen LogP) is 4.70. The Morgan fingerprint density at radius 1 is 0.960 bits per heavy atom. The number of hydrogen-bond acceptors (Lipinski definition) is 3. The molecule has 0 spiro atoms. The van der Waals surface area contributed by atoms with Crippen molar-refractivity contribution in [1.29, 1.82) is 0 Å². The molecule has 0 saturated carbocycles. The minimum Gasteiger partial charge on any atom is -0.376 e. The third kappa shape index (κ3) is 5.37. The number of anilines is 3. The third-order valence-corrected chi connectivity index (χ3v) is 4.31. The van der Waals surface area contributed by atoms with E-state index in [1.54, 1.807) is 43.3 Å². The van der Waals surface area contributed by atoms with Crippen LogP contribution >= 0.6 is 23.2 Å². The lowest BCUT2D eigenvalue weighted by atomic mass is 10.1. The fourth-order valence-corrected chi connectivity index (χ4v) is 2.43. The van der Waals surface area contributed by atoms with Crippen molar-refractivity contribution in [1.82, 2.24) is 0 Å². The van der Waals surface area contributed by atoms with Crippen LogP contribution in [0.15, 0.2) is 36.4 Å². The summed E-state index contributed by atoms with van der Waals surface area (Å²) < 4.78 is 0. The number of amides is 2. The Balaban J connectivity index is 1.99. The topological polar surface area (TPSA) is 70.2 Å². The first kappa shape index (κ1) is 19.1. The van der Waals surface area contributed by atoms with Crippen LogP contribution in [0.1, 0.15) is 18.9 Å². The van der Waals surface area contributed by atoms with Crippen molar-refractivity contribution in [2.24, 2.45) is 0 Å². The molecule has 132 valence electrons. The second-order valence-corrected chi connectivity index (χ2v) is 6.22. The largest absolute Gasteiger partial charge is 0.376 e. The molecule has 0 aliphatic heterocycles. The molecule has 2 aromatic carbocycles. The van der Waals surface area contributed by atoms with Crippen LogP contribution in [-0.2, 0) is 9.59 Å². The molecule has 0 saturated heterocycles. The molecule has 0 aliphatic carbocycles. The average Bonchev–Trinajstić information content (AvgIpc) is 2.59. The maximum atomic E-state index is 12.2. The average molecular weight is 380 g/mol. The van der Waals surface area contributed by atoms with Crippen LogP contribution in [-0.4, -0.2) is 18.4 Å². The Morgan fingerprint density at radius 2 is 1.60 bits per heavy atom. The highest BCUT2D eigenvalue weighted by Gasteiger charge is 2.09. The number of carbonyl (C=O) groups is 2. The van der Waals surface area contributed by atoms with Gasteiger partial charge in [0.05, 0.1) is 16.6 Å². The van der Waals surface area contributed by atoms with Crippen LogP contribution < -0.4 is 16.0 Å². The molecule has 5 nitrogen and oxygen atoms in total. The number of carbonyl (C=O) groups excluding carboxylic acids is 2. The molecule has 0 unspecified atom stereocenters. The Hall–Kier alpha value is -2.24. The van der Waals surface area contributed by atoms with Gasteiger partial charge in [-0.25, -0.2) is 0 Å². The molecule has 0 radical (unpaired) electrons. The van der Waals surface area contributed by atoms with Crippen molar-refractivity contribution in [2.75, 3.05) is 22.5 Å². The molecule has 25 heavy (non-hydrogen) atoms. The van der Waals surface area contributed by atoms with Crippen LogP contribution in [0.4, 0.5) is 17.1 Å². The van der Waals surface area contributed by atoms with Gasteiger partial charge in [0.15, 0.2) is 0 Å². The maximum Gasteiger partial charge on any atom is 0.243 e. The van der Waals surface area contributed by atoms with Gasteiger partial charge in [-0.3, -0.25) is 9.59 Å². The summed E-state index contributed by atoms with van der Waals surface area (Å²) in [4.78, 5) is 23.7. The first-order valence-electron chi connectivity index (χ1n) is 7.79. The lowest BCUT2D eigenvalue weighted by Crippen LogP contribution is -2.22. The Morgan fingerprint density at radius 3 is 2.20 bits per heavy atom. The Bertz CT molecular complexity index is 794. The van der Waals surface area contributed by atoms with Crippen molar-refractivity contribution in [3.63, 3.8) is 0 Å². The molecule has 0 aliphatic rings. The van der Waals surface area contributed by atoms with Crippen LogP contribution in [0.5, 0.6) is 0 Å². The standard InChI is InChI=1S/C18H19Cl2N3O2/c1-3-17(24)22-15-5-4-6-16(11(15)2)23-18(25)10-21-12-7-8-13(19)14(20)9-12/h4-9,21H,3,10H2,1-2H3,(H,22,24)(H,23,25). The van der Waals surface area contributed by atoms with Gasteiger partial charge in [-0.15, -0.1) is 0 Å². The minimum atomic E-state index is -0.215. The van der Waals surface area contributed by atoms with Crippen LogP contribution in [0.25, 0.3) is 0 Å². The van der Waals surface area contributed by atoms with Crippen LogP contribution in [0, 0.1) is 6.92 Å². The van der Waals surface area contributed by atoms with Crippen LogP contribution in [0.3, 0.4) is 0 Å². The SMILES string of the molecule is CCC(=O)Nc1cccc(NC(=O)CNc2ccc(Cl)c(Cl)c2)c1C. The normalized spacial score (nSPS) is 10.2. The monoisotopic (exact) mass is 379 g/mol. The summed E-state index contributed by atoms with van der Waals surface area (Å²) in [5.74, 6) is -0.291. The minimum absolute atomic E-state index is 0.0724. The maximum absolute atomic E-state index is 12.2. The summed E-state index contributed by atoms with van der Waals surface area (Å²) in [6, 6.07) is 10.4. The summed E-state index contributed by atoms with van der Waals surface area (Å²) in [5, 5.41) is 9.49. The van der Waals surface area contributed by atoms with Gasteiger partial charge in [0.25, 0.3) is 0 Å². The summed E-state index contributed by atoms with van der Waals surface area (Å²) >= 11 is 11.8. The van der Waals surface area contributed by atoms with Gasteiger partial charge in [-0.1, -0.05) is 36.2 Å². The fraction of sp³-hybridized carbons (Fsp3) is 0.222. The molecule has 0 heterocycles. The molecule has 2 amide bonds. The molecule has 0 atom stereocenters. The highest BCUT2D eigenvalue weighted by molar-refractivity contribution is 6.42. The molecular weight excluding hydrogens is 361 g/mol. The highest BCUT2D eigenvalue weighted by atomic mass is 35.5. The quantitative estimate of drug-likeness (QED) is 0.680. The van der Waals surface area contributed by atoms with E-state index >= 15 is 0 Å². The first-order valence-corrected chi connectivity index (χ1v) is 8.54. The van der Waals surface area contributed by atoms with Crippen molar-refractivity contribution in [2.45, 2.75) is 20.3 Å². The van der Waals surface area contributed by atoms with Gasteiger partial charge in [0, 0.05) is 23.5 Å². The molecule has 3 N–H and O–H groups in total. The van der Waals surface area contributed by atoms with Gasteiger partial charge in [-0.2, -0.15) is 0 Å². The van der Waals surface area contributed by atoms with E-state index in [9.17, 15) is 9.59 Å². The number of rotatable bonds is 6. The summed E-state index contributed by atoms with van der Waals surface area (Å²) in [5.41, 5.74) is 2.83.